The third-order valence-corrected chi connectivity index (χ3v) is 1.70. The van der Waals surface area contributed by atoms with E-state index in [1.165, 1.54) is 6.08 Å². The van der Waals surface area contributed by atoms with Crippen LogP contribution in [0, 0.1) is 0 Å². The van der Waals surface area contributed by atoms with Crippen molar-refractivity contribution < 1.29 is 9.18 Å². The van der Waals surface area contributed by atoms with Crippen LogP contribution in [0.15, 0.2) is 30.1 Å². The summed E-state index contributed by atoms with van der Waals surface area (Å²) in [4.78, 5) is 11.0. The van der Waals surface area contributed by atoms with E-state index in [1.54, 1.807) is 24.3 Å². The molecule has 0 bridgehead atoms. The molecule has 0 aromatic heterocycles. The van der Waals surface area contributed by atoms with Crippen LogP contribution in [0.1, 0.15) is 15.9 Å². The molecule has 2 heteroatoms. The molecule has 54 valence electrons. The van der Waals surface area contributed by atoms with Crippen molar-refractivity contribution in [3.05, 3.63) is 41.2 Å². The minimum Gasteiger partial charge on any atom is -0.286 e. The minimum atomic E-state index is -0.661. The molecule has 1 aliphatic rings. The lowest BCUT2D eigenvalue weighted by atomic mass is 10.1. The molecule has 1 nitrogen and oxygen atoms in total. The average Bonchev–Trinajstić information content (AvgIpc) is 2.30. The van der Waals surface area contributed by atoms with Crippen LogP contribution in [-0.2, 0) is 0 Å². The van der Waals surface area contributed by atoms with E-state index in [9.17, 15) is 9.18 Å². The van der Waals surface area contributed by atoms with Gasteiger partial charge in [0.1, 0.15) is 0 Å². The molecular formula is C9H5FO. The van der Waals surface area contributed by atoms with Crippen molar-refractivity contribution >= 4 is 11.9 Å². The number of rotatable bonds is 0. The van der Waals surface area contributed by atoms with E-state index in [2.05, 4.69) is 0 Å². The number of allylic oxidation sites excluding steroid dienone is 1. The lowest BCUT2D eigenvalue weighted by Gasteiger charge is -1.92. The van der Waals surface area contributed by atoms with Gasteiger partial charge in [-0.1, -0.05) is 24.3 Å². The zero-order chi connectivity index (χ0) is 7.84. The van der Waals surface area contributed by atoms with Gasteiger partial charge < -0.3 is 0 Å². The molecule has 0 saturated heterocycles. The van der Waals surface area contributed by atoms with Crippen LogP contribution in [0.3, 0.4) is 0 Å². The number of carbonyl (C=O) groups is 1. The molecule has 0 heterocycles. The second kappa shape index (κ2) is 2.02. The average molecular weight is 148 g/mol. The minimum absolute atomic E-state index is 0.463. The Morgan fingerprint density at radius 3 is 2.64 bits per heavy atom. The van der Waals surface area contributed by atoms with Gasteiger partial charge in [0, 0.05) is 5.56 Å². The molecule has 0 atom stereocenters. The molecule has 0 fully saturated rings. The molecular weight excluding hydrogens is 143 g/mol. The number of Topliss-reactive ketones (excluding diaryl/α,β-unsaturated/α-hetero) is 1. The Bertz CT molecular complexity index is 352. The van der Waals surface area contributed by atoms with Gasteiger partial charge in [-0.2, -0.15) is 0 Å². The Balaban J connectivity index is 2.67. The van der Waals surface area contributed by atoms with E-state index < -0.39 is 11.6 Å². The number of benzene rings is 1. The van der Waals surface area contributed by atoms with E-state index in [1.807, 2.05) is 0 Å². The van der Waals surface area contributed by atoms with Crippen LogP contribution in [-0.4, -0.2) is 5.78 Å². The number of halogens is 1. The first kappa shape index (κ1) is 6.28. The summed E-state index contributed by atoms with van der Waals surface area (Å²) >= 11 is 0. The molecule has 0 amide bonds. The summed E-state index contributed by atoms with van der Waals surface area (Å²) in [5.74, 6) is -1.16. The molecule has 1 aromatic rings. The van der Waals surface area contributed by atoms with Crippen molar-refractivity contribution in [2.75, 3.05) is 0 Å². The van der Waals surface area contributed by atoms with Crippen LogP contribution >= 0.6 is 0 Å². The second-order valence-corrected chi connectivity index (χ2v) is 2.41. The first-order chi connectivity index (χ1) is 5.29. The zero-order valence-electron chi connectivity index (χ0n) is 5.67. The van der Waals surface area contributed by atoms with Crippen molar-refractivity contribution in [3.8, 4) is 0 Å². The van der Waals surface area contributed by atoms with Crippen LogP contribution < -0.4 is 0 Å². The largest absolute Gasteiger partial charge is 0.286 e. The van der Waals surface area contributed by atoms with Gasteiger partial charge in [0.15, 0.2) is 5.83 Å². The number of carbonyl (C=O) groups excluding carboxylic acids is 1. The molecule has 1 aliphatic carbocycles. The predicted molar refractivity (Wildman–Crippen MR) is 39.9 cm³/mol. The maximum Gasteiger partial charge on any atom is 0.221 e. The highest BCUT2D eigenvalue weighted by molar-refractivity contribution is 6.16. The zero-order valence-corrected chi connectivity index (χ0v) is 5.67. The van der Waals surface area contributed by atoms with Gasteiger partial charge in [-0.05, 0) is 11.6 Å². The van der Waals surface area contributed by atoms with Crippen molar-refractivity contribution in [2.45, 2.75) is 0 Å². The SMILES string of the molecule is O=C1C(F)=Cc2ccccc21. The van der Waals surface area contributed by atoms with Crippen LogP contribution in [0.4, 0.5) is 4.39 Å². The summed E-state index contributed by atoms with van der Waals surface area (Å²) in [5, 5.41) is 0. The van der Waals surface area contributed by atoms with E-state index in [4.69, 9.17) is 0 Å². The molecule has 0 aliphatic heterocycles. The molecule has 2 rings (SSSR count). The number of hydrogen-bond acceptors (Lipinski definition) is 1. The van der Waals surface area contributed by atoms with Gasteiger partial charge in [0.25, 0.3) is 0 Å². The maximum atomic E-state index is 12.6. The highest BCUT2D eigenvalue weighted by atomic mass is 19.1. The smallest absolute Gasteiger partial charge is 0.221 e. The molecule has 11 heavy (non-hydrogen) atoms. The number of fused-ring (bicyclic) bond motifs is 1. The van der Waals surface area contributed by atoms with Crippen molar-refractivity contribution in [1.29, 1.82) is 0 Å². The van der Waals surface area contributed by atoms with Gasteiger partial charge in [-0.3, -0.25) is 4.79 Å². The van der Waals surface area contributed by atoms with E-state index in [0.717, 1.165) is 0 Å². The highest BCUT2D eigenvalue weighted by Gasteiger charge is 2.20. The van der Waals surface area contributed by atoms with Gasteiger partial charge in [-0.15, -0.1) is 0 Å². The summed E-state index contributed by atoms with van der Waals surface area (Å²) < 4.78 is 12.6. The Kier molecular flexibility index (Phi) is 1.15. The number of hydrogen-bond donors (Lipinski definition) is 0. The van der Waals surface area contributed by atoms with E-state index >= 15 is 0 Å². The first-order valence-electron chi connectivity index (χ1n) is 3.30. The van der Waals surface area contributed by atoms with E-state index in [-0.39, 0.29) is 0 Å². The van der Waals surface area contributed by atoms with Gasteiger partial charge in [0.05, 0.1) is 0 Å². The van der Waals surface area contributed by atoms with Crippen LogP contribution in [0.2, 0.25) is 0 Å². The molecule has 0 radical (unpaired) electrons. The third kappa shape index (κ3) is 0.792. The summed E-state index contributed by atoms with van der Waals surface area (Å²) in [5.41, 5.74) is 1.14. The van der Waals surface area contributed by atoms with Gasteiger partial charge in [0.2, 0.25) is 5.78 Å². The summed E-state index contributed by atoms with van der Waals surface area (Å²) in [7, 11) is 0. The lowest BCUT2D eigenvalue weighted by Crippen LogP contribution is -1.93. The second-order valence-electron chi connectivity index (χ2n) is 2.41. The first-order valence-corrected chi connectivity index (χ1v) is 3.30. The number of ketones is 1. The van der Waals surface area contributed by atoms with Crippen molar-refractivity contribution in [2.24, 2.45) is 0 Å². The van der Waals surface area contributed by atoms with Gasteiger partial charge in [-0.25, -0.2) is 4.39 Å². The van der Waals surface area contributed by atoms with Crippen LogP contribution in [0.25, 0.3) is 6.08 Å². The fourth-order valence-corrected chi connectivity index (χ4v) is 1.16. The van der Waals surface area contributed by atoms with Crippen molar-refractivity contribution in [1.82, 2.24) is 0 Å². The molecule has 0 spiro atoms. The predicted octanol–water partition coefficient (Wildman–Crippen LogP) is 2.19. The summed E-state index contributed by atoms with van der Waals surface area (Å²) in [6.45, 7) is 0. The third-order valence-electron chi connectivity index (χ3n) is 1.70. The molecule has 0 saturated carbocycles. The monoisotopic (exact) mass is 148 g/mol. The van der Waals surface area contributed by atoms with Crippen LogP contribution in [0.5, 0.6) is 0 Å². The topological polar surface area (TPSA) is 17.1 Å². The Labute approximate surface area is 63.2 Å². The lowest BCUT2D eigenvalue weighted by molar-refractivity contribution is 0.101. The standard InChI is InChI=1S/C9H5FO/c10-8-5-6-3-1-2-4-7(6)9(8)11/h1-5H. The molecule has 0 N–H and O–H groups in total. The normalized spacial score (nSPS) is 14.6. The van der Waals surface area contributed by atoms with Gasteiger partial charge >= 0.3 is 0 Å². The van der Waals surface area contributed by atoms with E-state index in [0.29, 0.717) is 11.1 Å². The van der Waals surface area contributed by atoms with Crippen molar-refractivity contribution in [3.63, 3.8) is 0 Å². The quantitative estimate of drug-likeness (QED) is 0.551. The fourth-order valence-electron chi connectivity index (χ4n) is 1.16. The fraction of sp³-hybridized carbons (Fsp3) is 0. The maximum absolute atomic E-state index is 12.6. The molecule has 1 aromatic carbocycles. The highest BCUT2D eigenvalue weighted by Crippen LogP contribution is 2.24. The summed E-state index contributed by atoms with van der Waals surface area (Å²) in [6.07, 6.45) is 1.26. The summed E-state index contributed by atoms with van der Waals surface area (Å²) in [6, 6.07) is 6.85. The Morgan fingerprint density at radius 2 is 1.91 bits per heavy atom. The Morgan fingerprint density at radius 1 is 1.18 bits per heavy atom. The molecule has 0 unspecified atom stereocenters. The Hall–Kier alpha value is -1.44.